The molecule has 0 radical (unpaired) electrons. The van der Waals surface area contributed by atoms with Crippen LogP contribution in [0.3, 0.4) is 0 Å². The largest absolute Gasteiger partial charge is 0.457 e. The lowest BCUT2D eigenvalue weighted by Crippen LogP contribution is -2.09. The van der Waals surface area contributed by atoms with Gasteiger partial charge in [0, 0.05) is 12.0 Å². The molecule has 0 aliphatic rings. The Labute approximate surface area is 92.5 Å². The van der Waals surface area contributed by atoms with Crippen molar-refractivity contribution in [3.05, 3.63) is 48.0 Å². The molecule has 0 aliphatic carbocycles. The summed E-state index contributed by atoms with van der Waals surface area (Å²) in [5.41, 5.74) is 0.603. The summed E-state index contributed by atoms with van der Waals surface area (Å²) in [6.07, 6.45) is -3.22. The van der Waals surface area contributed by atoms with E-state index in [2.05, 4.69) is 6.58 Å². The third kappa shape index (κ3) is 4.21. The first kappa shape index (κ1) is 12.4. The van der Waals surface area contributed by atoms with Gasteiger partial charge in [-0.15, -0.1) is 0 Å². The Hall–Kier alpha value is -1.71. The second kappa shape index (κ2) is 6.00. The van der Waals surface area contributed by atoms with Crippen LogP contribution < -0.4 is 0 Å². The molecular weight excluding hydrogens is 214 g/mol. The quantitative estimate of drug-likeness (QED) is 0.570. The predicted molar refractivity (Wildman–Crippen MR) is 56.0 cm³/mol. The van der Waals surface area contributed by atoms with Crippen LogP contribution in [0.25, 0.3) is 0 Å². The first-order chi connectivity index (χ1) is 7.59. The van der Waals surface area contributed by atoms with Crippen LogP contribution in [0.1, 0.15) is 12.0 Å². The molecule has 0 atom stereocenters. The molecule has 0 aliphatic heterocycles. The third-order valence-corrected chi connectivity index (χ3v) is 1.90. The minimum atomic E-state index is -2.57. The molecular formula is C12H12F2O2. The standard InChI is InChI=1S/C12H12F2O2/c1-9(7-11(13)14)12(15)16-8-10-5-3-2-4-6-10/h2-6,11H,1,7-8H2. The number of rotatable bonds is 5. The number of carbonyl (C=O) groups is 1. The summed E-state index contributed by atoms with van der Waals surface area (Å²) in [6.45, 7) is 3.32. The van der Waals surface area contributed by atoms with Gasteiger partial charge in [0.1, 0.15) is 6.61 Å². The fraction of sp³-hybridized carbons (Fsp3) is 0.250. The van der Waals surface area contributed by atoms with Crippen molar-refractivity contribution in [3.8, 4) is 0 Å². The number of benzene rings is 1. The van der Waals surface area contributed by atoms with Crippen molar-refractivity contribution < 1.29 is 18.3 Å². The molecule has 0 N–H and O–H groups in total. The zero-order chi connectivity index (χ0) is 12.0. The summed E-state index contributed by atoms with van der Waals surface area (Å²) in [5.74, 6) is -0.774. The minimum Gasteiger partial charge on any atom is -0.457 e. The zero-order valence-corrected chi connectivity index (χ0v) is 8.66. The molecule has 0 amide bonds. The van der Waals surface area contributed by atoms with E-state index >= 15 is 0 Å². The van der Waals surface area contributed by atoms with Crippen LogP contribution in [-0.2, 0) is 16.1 Å². The molecule has 0 saturated carbocycles. The van der Waals surface area contributed by atoms with Crippen molar-refractivity contribution in [2.45, 2.75) is 19.5 Å². The number of esters is 1. The van der Waals surface area contributed by atoms with Gasteiger partial charge in [-0.1, -0.05) is 36.9 Å². The summed E-state index contributed by atoms with van der Waals surface area (Å²) in [4.78, 5) is 11.2. The maximum Gasteiger partial charge on any atom is 0.333 e. The highest BCUT2D eigenvalue weighted by Crippen LogP contribution is 2.10. The fourth-order valence-electron chi connectivity index (χ4n) is 1.09. The fourth-order valence-corrected chi connectivity index (χ4v) is 1.09. The van der Waals surface area contributed by atoms with E-state index in [1.54, 1.807) is 24.3 Å². The van der Waals surface area contributed by atoms with E-state index in [-0.39, 0.29) is 12.2 Å². The number of carbonyl (C=O) groups excluding carboxylic acids is 1. The average molecular weight is 226 g/mol. The van der Waals surface area contributed by atoms with E-state index in [1.165, 1.54) is 0 Å². The first-order valence-electron chi connectivity index (χ1n) is 4.76. The Morgan fingerprint density at radius 2 is 1.94 bits per heavy atom. The van der Waals surface area contributed by atoms with Crippen LogP contribution in [0, 0.1) is 0 Å². The van der Waals surface area contributed by atoms with Gasteiger partial charge in [0.25, 0.3) is 0 Å². The molecule has 4 heteroatoms. The third-order valence-electron chi connectivity index (χ3n) is 1.90. The lowest BCUT2D eigenvalue weighted by atomic mass is 10.2. The van der Waals surface area contributed by atoms with Gasteiger partial charge in [0.15, 0.2) is 0 Å². The van der Waals surface area contributed by atoms with Crippen LogP contribution in [0.5, 0.6) is 0 Å². The minimum absolute atomic E-state index is 0.0714. The van der Waals surface area contributed by atoms with E-state index < -0.39 is 18.8 Å². The Morgan fingerprint density at radius 1 is 1.31 bits per heavy atom. The Balaban J connectivity index is 2.38. The Bertz CT molecular complexity index is 361. The van der Waals surface area contributed by atoms with E-state index in [0.29, 0.717) is 0 Å². The highest BCUT2D eigenvalue weighted by atomic mass is 19.3. The number of hydrogen-bond acceptors (Lipinski definition) is 2. The SMILES string of the molecule is C=C(CC(F)F)C(=O)OCc1ccccc1. The smallest absolute Gasteiger partial charge is 0.333 e. The van der Waals surface area contributed by atoms with Crippen molar-refractivity contribution >= 4 is 5.97 Å². The van der Waals surface area contributed by atoms with Crippen molar-refractivity contribution in [2.24, 2.45) is 0 Å². The first-order valence-corrected chi connectivity index (χ1v) is 4.76. The Kier molecular flexibility index (Phi) is 4.64. The van der Waals surface area contributed by atoms with Gasteiger partial charge in [0.05, 0.1) is 0 Å². The second-order valence-corrected chi connectivity index (χ2v) is 3.26. The lowest BCUT2D eigenvalue weighted by Gasteiger charge is -2.06. The summed E-state index contributed by atoms with van der Waals surface area (Å²) >= 11 is 0. The van der Waals surface area contributed by atoms with Crippen molar-refractivity contribution in [3.63, 3.8) is 0 Å². The van der Waals surface area contributed by atoms with E-state index in [9.17, 15) is 13.6 Å². The average Bonchev–Trinajstić information content (AvgIpc) is 2.26. The van der Waals surface area contributed by atoms with Crippen LogP contribution in [-0.4, -0.2) is 12.4 Å². The highest BCUT2D eigenvalue weighted by Gasteiger charge is 2.13. The molecule has 0 aromatic heterocycles. The van der Waals surface area contributed by atoms with Crippen molar-refractivity contribution in [2.75, 3.05) is 0 Å². The van der Waals surface area contributed by atoms with E-state index in [4.69, 9.17) is 4.74 Å². The molecule has 0 heterocycles. The number of hydrogen-bond donors (Lipinski definition) is 0. The molecule has 86 valence electrons. The van der Waals surface area contributed by atoms with Gasteiger partial charge in [-0.3, -0.25) is 0 Å². The molecule has 16 heavy (non-hydrogen) atoms. The number of halogens is 2. The monoisotopic (exact) mass is 226 g/mol. The summed E-state index contributed by atoms with van der Waals surface area (Å²) in [5, 5.41) is 0. The van der Waals surface area contributed by atoms with Gasteiger partial charge in [-0.05, 0) is 5.56 Å². The van der Waals surface area contributed by atoms with Crippen molar-refractivity contribution in [1.29, 1.82) is 0 Å². The van der Waals surface area contributed by atoms with Crippen LogP contribution in [0.4, 0.5) is 8.78 Å². The van der Waals surface area contributed by atoms with Gasteiger partial charge in [0.2, 0.25) is 6.43 Å². The number of alkyl halides is 2. The normalized spacial score (nSPS) is 10.2. The highest BCUT2D eigenvalue weighted by molar-refractivity contribution is 5.87. The molecule has 0 bridgehead atoms. The Morgan fingerprint density at radius 3 is 2.50 bits per heavy atom. The molecule has 2 nitrogen and oxygen atoms in total. The van der Waals surface area contributed by atoms with Crippen LogP contribution in [0.2, 0.25) is 0 Å². The van der Waals surface area contributed by atoms with Gasteiger partial charge in [-0.2, -0.15) is 0 Å². The van der Waals surface area contributed by atoms with Gasteiger partial charge >= 0.3 is 5.97 Å². The molecule has 0 spiro atoms. The molecule has 0 saturated heterocycles. The van der Waals surface area contributed by atoms with Gasteiger partial charge in [-0.25, -0.2) is 13.6 Å². The van der Waals surface area contributed by atoms with E-state index in [1.807, 2.05) is 6.07 Å². The van der Waals surface area contributed by atoms with Crippen molar-refractivity contribution in [1.82, 2.24) is 0 Å². The maximum absolute atomic E-state index is 11.9. The number of ether oxygens (including phenoxy) is 1. The molecule has 0 fully saturated rings. The second-order valence-electron chi connectivity index (χ2n) is 3.26. The predicted octanol–water partition coefficient (Wildman–Crippen LogP) is 2.94. The summed E-state index contributed by atoms with van der Waals surface area (Å²) < 4.78 is 28.7. The lowest BCUT2D eigenvalue weighted by molar-refractivity contribution is -0.140. The van der Waals surface area contributed by atoms with Gasteiger partial charge < -0.3 is 4.74 Å². The molecule has 1 aromatic rings. The summed E-state index contributed by atoms with van der Waals surface area (Å²) in [6, 6.07) is 9.00. The van der Waals surface area contributed by atoms with Crippen LogP contribution in [0.15, 0.2) is 42.5 Å². The summed E-state index contributed by atoms with van der Waals surface area (Å²) in [7, 11) is 0. The van der Waals surface area contributed by atoms with Crippen LogP contribution >= 0.6 is 0 Å². The topological polar surface area (TPSA) is 26.3 Å². The molecule has 1 rings (SSSR count). The molecule has 0 unspecified atom stereocenters. The zero-order valence-electron chi connectivity index (χ0n) is 8.66. The molecule has 1 aromatic carbocycles. The maximum atomic E-state index is 11.9. The van der Waals surface area contributed by atoms with E-state index in [0.717, 1.165) is 5.56 Å².